The SMILES string of the molecule is CCCCC/C=C\C/C=C\C/C=C\C/C=C\CCCCC(O)C(=O)NC(COC1OC(CO)C(O)C(O)C1OC(=O)CCCCCCCC/C=C/C=C/CCCCC)C(O)/C=C/CCCCCCCCCCC. The number of aliphatic hydroxyl groups is 5. The predicted molar refractivity (Wildman–Crippen MR) is 301 cm³/mol. The van der Waals surface area contributed by atoms with E-state index in [9.17, 15) is 35.1 Å². The minimum Gasteiger partial charge on any atom is -0.454 e. The molecule has 0 bridgehead atoms. The summed E-state index contributed by atoms with van der Waals surface area (Å²) < 4.78 is 17.5. The van der Waals surface area contributed by atoms with Gasteiger partial charge in [0.15, 0.2) is 12.4 Å². The highest BCUT2D eigenvalue weighted by atomic mass is 16.7. The molecule has 73 heavy (non-hydrogen) atoms. The first-order valence-corrected chi connectivity index (χ1v) is 29.4. The smallest absolute Gasteiger partial charge is 0.306 e. The zero-order valence-electron chi connectivity index (χ0n) is 46.2. The van der Waals surface area contributed by atoms with Gasteiger partial charge in [-0.1, -0.05) is 215 Å². The van der Waals surface area contributed by atoms with Crippen molar-refractivity contribution in [2.75, 3.05) is 13.2 Å². The summed E-state index contributed by atoms with van der Waals surface area (Å²) in [4.78, 5) is 26.5. The normalized spacial score (nSPS) is 20.0. The maximum atomic E-state index is 13.4. The molecule has 0 aliphatic carbocycles. The number of nitrogens with one attached hydrogen (secondary N) is 1. The van der Waals surface area contributed by atoms with Crippen molar-refractivity contribution >= 4 is 11.9 Å². The largest absolute Gasteiger partial charge is 0.454 e. The first kappa shape index (κ1) is 67.9. The molecule has 0 spiro atoms. The lowest BCUT2D eigenvalue weighted by atomic mass is 9.99. The number of ether oxygens (including phenoxy) is 3. The van der Waals surface area contributed by atoms with Crippen LogP contribution in [0.5, 0.6) is 0 Å². The maximum absolute atomic E-state index is 13.4. The van der Waals surface area contributed by atoms with E-state index in [2.05, 4.69) is 99.0 Å². The van der Waals surface area contributed by atoms with Gasteiger partial charge >= 0.3 is 5.97 Å². The molecule has 8 atom stereocenters. The molecule has 1 saturated heterocycles. The van der Waals surface area contributed by atoms with Crippen molar-refractivity contribution in [1.29, 1.82) is 0 Å². The van der Waals surface area contributed by atoms with Gasteiger partial charge in [-0.3, -0.25) is 9.59 Å². The van der Waals surface area contributed by atoms with Gasteiger partial charge in [0, 0.05) is 6.42 Å². The van der Waals surface area contributed by atoms with Gasteiger partial charge < -0.3 is 45.1 Å². The molecule has 1 aliphatic heterocycles. The van der Waals surface area contributed by atoms with Crippen LogP contribution in [0.2, 0.25) is 0 Å². The number of amides is 1. The van der Waals surface area contributed by atoms with Crippen LogP contribution in [-0.2, 0) is 23.8 Å². The summed E-state index contributed by atoms with van der Waals surface area (Å²) in [6, 6.07) is -1.05. The van der Waals surface area contributed by atoms with Crippen LogP contribution >= 0.6 is 0 Å². The van der Waals surface area contributed by atoms with Crippen LogP contribution in [-0.4, -0.2) is 99.6 Å². The fraction of sp³-hybridized carbons (Fsp3) is 0.742. The van der Waals surface area contributed by atoms with Gasteiger partial charge in [0.2, 0.25) is 5.91 Å². The minimum atomic E-state index is -1.63. The predicted octanol–water partition coefficient (Wildman–Crippen LogP) is 13.4. The molecular formula is C62H107NO10. The molecule has 0 aromatic rings. The Balaban J connectivity index is 2.75. The quantitative estimate of drug-likeness (QED) is 0.0149. The van der Waals surface area contributed by atoms with E-state index in [0.717, 1.165) is 109 Å². The highest BCUT2D eigenvalue weighted by Gasteiger charge is 2.47. The third-order valence-corrected chi connectivity index (χ3v) is 13.3. The van der Waals surface area contributed by atoms with Crippen LogP contribution in [0.4, 0.5) is 0 Å². The van der Waals surface area contributed by atoms with Crippen molar-refractivity contribution in [3.63, 3.8) is 0 Å². The average molecular weight is 1030 g/mol. The molecule has 420 valence electrons. The number of carbonyl (C=O) groups is 2. The number of rotatable bonds is 48. The van der Waals surface area contributed by atoms with E-state index < -0.39 is 67.4 Å². The van der Waals surface area contributed by atoms with Crippen molar-refractivity contribution in [2.24, 2.45) is 0 Å². The van der Waals surface area contributed by atoms with Crippen LogP contribution in [0, 0.1) is 0 Å². The number of aliphatic hydroxyl groups excluding tert-OH is 5. The lowest BCUT2D eigenvalue weighted by Crippen LogP contribution is -2.61. The monoisotopic (exact) mass is 1030 g/mol. The van der Waals surface area contributed by atoms with Crippen molar-refractivity contribution in [3.8, 4) is 0 Å². The van der Waals surface area contributed by atoms with Crippen molar-refractivity contribution in [3.05, 3.63) is 85.1 Å². The van der Waals surface area contributed by atoms with Gasteiger partial charge in [0.25, 0.3) is 0 Å². The molecule has 0 aromatic heterocycles. The number of unbranched alkanes of at least 4 members (excludes halogenated alkanes) is 23. The summed E-state index contributed by atoms with van der Waals surface area (Å²) in [6.45, 7) is 5.68. The van der Waals surface area contributed by atoms with Gasteiger partial charge in [-0.25, -0.2) is 0 Å². The number of allylic oxidation sites excluding steroid dienone is 13. The van der Waals surface area contributed by atoms with Gasteiger partial charge in [-0.15, -0.1) is 0 Å². The van der Waals surface area contributed by atoms with Crippen molar-refractivity contribution in [2.45, 2.75) is 282 Å². The fourth-order valence-electron chi connectivity index (χ4n) is 8.56. The topological polar surface area (TPSA) is 175 Å². The Labute approximate surface area is 444 Å². The molecule has 0 radical (unpaired) electrons. The third kappa shape index (κ3) is 38.1. The highest BCUT2D eigenvalue weighted by Crippen LogP contribution is 2.26. The van der Waals surface area contributed by atoms with E-state index in [1.807, 2.05) is 6.08 Å². The lowest BCUT2D eigenvalue weighted by molar-refractivity contribution is -0.305. The number of carbonyl (C=O) groups excluding carboxylic acids is 2. The molecule has 1 amide bonds. The Morgan fingerprint density at radius 3 is 1.52 bits per heavy atom. The van der Waals surface area contributed by atoms with Gasteiger partial charge in [-0.2, -0.15) is 0 Å². The Hall–Kier alpha value is -3.16. The molecule has 6 N–H and O–H groups in total. The molecule has 8 unspecified atom stereocenters. The second-order valence-electron chi connectivity index (χ2n) is 20.0. The summed E-state index contributed by atoms with van der Waals surface area (Å²) in [5.41, 5.74) is 0. The summed E-state index contributed by atoms with van der Waals surface area (Å²) in [5, 5.41) is 56.8. The molecular weight excluding hydrogens is 919 g/mol. The molecule has 11 heteroatoms. The molecule has 1 aliphatic rings. The van der Waals surface area contributed by atoms with Crippen LogP contribution < -0.4 is 5.32 Å². The first-order chi connectivity index (χ1) is 35.7. The average Bonchev–Trinajstić information content (AvgIpc) is 3.39. The van der Waals surface area contributed by atoms with Gasteiger partial charge in [-0.05, 0) is 96.3 Å². The van der Waals surface area contributed by atoms with Crippen LogP contribution in [0.15, 0.2) is 85.1 Å². The zero-order valence-corrected chi connectivity index (χ0v) is 46.2. The van der Waals surface area contributed by atoms with Gasteiger partial charge in [0.1, 0.15) is 24.4 Å². The summed E-state index contributed by atoms with van der Waals surface area (Å²) in [7, 11) is 0. The number of esters is 1. The van der Waals surface area contributed by atoms with Crippen molar-refractivity contribution in [1.82, 2.24) is 5.32 Å². The number of hydrogen-bond acceptors (Lipinski definition) is 10. The fourth-order valence-corrected chi connectivity index (χ4v) is 8.56. The molecule has 1 fully saturated rings. The summed E-state index contributed by atoms with van der Waals surface area (Å²) in [6.07, 6.45) is 53.3. The van der Waals surface area contributed by atoms with E-state index in [1.54, 1.807) is 6.08 Å². The molecule has 1 rings (SSSR count). The molecule has 11 nitrogen and oxygen atoms in total. The number of hydrogen-bond donors (Lipinski definition) is 6. The molecule has 0 aromatic carbocycles. The lowest BCUT2D eigenvalue weighted by Gasteiger charge is -2.41. The Bertz CT molecular complexity index is 1510. The Morgan fingerprint density at radius 1 is 0.548 bits per heavy atom. The van der Waals surface area contributed by atoms with E-state index in [1.165, 1.54) is 77.0 Å². The molecule has 0 saturated carbocycles. The summed E-state index contributed by atoms with van der Waals surface area (Å²) >= 11 is 0. The third-order valence-electron chi connectivity index (χ3n) is 13.3. The highest BCUT2D eigenvalue weighted by molar-refractivity contribution is 5.80. The Morgan fingerprint density at radius 2 is 0.986 bits per heavy atom. The second kappa shape index (κ2) is 49.7. The Kier molecular flexibility index (Phi) is 46.2. The standard InChI is InChI=1S/C62H107NO10/c1-4-7-10-13-16-19-22-24-26-27-28-30-31-34-37-40-43-46-49-55(66)61(70)63-53(54(65)48-45-42-39-36-33-21-18-15-12-9-6-3)52-71-62-60(59(69)58(68)56(51-64)72-62)73-57(67)50-47-44-41-38-35-32-29-25-23-20-17-14-11-8-5-2/h16-17,19-20,23-26,28,30,34,37,45,48,53-56,58-60,62,64-66,68-69H,4-15,18,21-22,27,29,31-33,35-36,38-44,46-47,49-52H2,1-3H3,(H,63,70)/b19-16-,20-17+,25-23+,26-24-,30-28-,37-34-,48-45+. The van der Waals surface area contributed by atoms with Crippen LogP contribution in [0.1, 0.15) is 233 Å². The van der Waals surface area contributed by atoms with Crippen molar-refractivity contribution < 1.29 is 49.3 Å². The molecule has 1 heterocycles. The van der Waals surface area contributed by atoms with Crippen LogP contribution in [0.3, 0.4) is 0 Å². The van der Waals surface area contributed by atoms with Crippen LogP contribution in [0.25, 0.3) is 0 Å². The maximum Gasteiger partial charge on any atom is 0.306 e. The minimum absolute atomic E-state index is 0.103. The van der Waals surface area contributed by atoms with E-state index in [0.29, 0.717) is 12.8 Å². The van der Waals surface area contributed by atoms with E-state index in [-0.39, 0.29) is 19.4 Å². The zero-order chi connectivity index (χ0) is 53.3. The van der Waals surface area contributed by atoms with E-state index >= 15 is 0 Å². The van der Waals surface area contributed by atoms with Gasteiger partial charge in [0.05, 0.1) is 25.4 Å². The van der Waals surface area contributed by atoms with E-state index in [4.69, 9.17) is 14.2 Å². The first-order valence-electron chi connectivity index (χ1n) is 29.4. The second-order valence-corrected chi connectivity index (χ2v) is 20.0. The summed E-state index contributed by atoms with van der Waals surface area (Å²) in [5.74, 6) is -1.24.